The van der Waals surface area contributed by atoms with Gasteiger partial charge in [-0.3, -0.25) is 4.90 Å². The van der Waals surface area contributed by atoms with E-state index in [4.69, 9.17) is 14.5 Å². The van der Waals surface area contributed by atoms with Crippen LogP contribution in [0.2, 0.25) is 0 Å². The van der Waals surface area contributed by atoms with Gasteiger partial charge in [0, 0.05) is 37.2 Å². The van der Waals surface area contributed by atoms with Gasteiger partial charge in [0.1, 0.15) is 5.75 Å². The van der Waals surface area contributed by atoms with Crippen LogP contribution in [0.3, 0.4) is 0 Å². The third kappa shape index (κ3) is 4.12. The molecule has 0 amide bonds. The monoisotopic (exact) mass is 362 g/mol. The first-order valence-corrected chi connectivity index (χ1v) is 9.58. The van der Waals surface area contributed by atoms with E-state index >= 15 is 0 Å². The predicted octanol–water partition coefficient (Wildman–Crippen LogP) is 4.44. The minimum atomic E-state index is 0.804. The predicted molar refractivity (Wildman–Crippen MR) is 109 cm³/mol. The van der Waals surface area contributed by atoms with E-state index in [-0.39, 0.29) is 0 Å². The number of nitrogens with zero attached hydrogens (tertiary/aromatic N) is 2. The molecule has 27 heavy (non-hydrogen) atoms. The van der Waals surface area contributed by atoms with Crippen molar-refractivity contribution in [3.05, 3.63) is 59.7 Å². The average Bonchev–Trinajstić information content (AvgIpc) is 2.96. The molecule has 1 aromatic heterocycles. The lowest BCUT2D eigenvalue weighted by Gasteiger charge is -2.21. The summed E-state index contributed by atoms with van der Waals surface area (Å²) in [5.74, 6) is 0.863. The molecule has 1 aliphatic heterocycles. The molecule has 0 spiro atoms. The van der Waals surface area contributed by atoms with Crippen LogP contribution in [0.25, 0.3) is 22.2 Å². The molecule has 0 saturated carbocycles. The number of pyridine rings is 1. The lowest BCUT2D eigenvalue weighted by molar-refractivity contribution is 0.140. The van der Waals surface area contributed by atoms with Gasteiger partial charge in [0.25, 0.3) is 0 Å². The summed E-state index contributed by atoms with van der Waals surface area (Å²) in [7, 11) is 1.69. The van der Waals surface area contributed by atoms with E-state index in [1.807, 2.05) is 12.1 Å². The molecule has 4 nitrogen and oxygen atoms in total. The Bertz CT molecular complexity index is 914. The highest BCUT2D eigenvalue weighted by atomic mass is 16.5. The maximum atomic E-state index is 5.62. The smallest absolute Gasteiger partial charge is 0.118 e. The number of aromatic nitrogens is 1. The summed E-state index contributed by atoms with van der Waals surface area (Å²) in [5.41, 5.74) is 5.72. The van der Waals surface area contributed by atoms with Gasteiger partial charge in [0.15, 0.2) is 0 Å². The van der Waals surface area contributed by atoms with E-state index in [1.54, 1.807) is 7.11 Å². The molecule has 0 atom stereocenters. The zero-order valence-electron chi connectivity index (χ0n) is 16.1. The van der Waals surface area contributed by atoms with Crippen LogP contribution in [0.15, 0.2) is 48.5 Å². The van der Waals surface area contributed by atoms with Gasteiger partial charge in [-0.2, -0.15) is 0 Å². The highest BCUT2D eigenvalue weighted by Crippen LogP contribution is 2.29. The molecular formula is C23H26N2O2. The molecular weight excluding hydrogens is 336 g/mol. The number of benzene rings is 2. The SMILES string of the molecule is COc1ccc(-c2nc3cc(C)ccc3cc2CN2CCCOCC2)cc1. The normalized spacial score (nSPS) is 15.6. The third-order valence-corrected chi connectivity index (χ3v) is 5.12. The van der Waals surface area contributed by atoms with Crippen molar-refractivity contribution in [2.45, 2.75) is 19.9 Å². The second-order valence-corrected chi connectivity index (χ2v) is 7.16. The zero-order valence-corrected chi connectivity index (χ0v) is 16.1. The van der Waals surface area contributed by atoms with Crippen molar-refractivity contribution in [1.29, 1.82) is 0 Å². The summed E-state index contributed by atoms with van der Waals surface area (Å²) in [6, 6.07) is 17.0. The number of hydrogen-bond donors (Lipinski definition) is 0. The van der Waals surface area contributed by atoms with Crippen LogP contribution in [0.1, 0.15) is 17.5 Å². The second kappa shape index (κ2) is 8.07. The summed E-state index contributed by atoms with van der Waals surface area (Å²) < 4.78 is 10.9. The minimum Gasteiger partial charge on any atom is -0.497 e. The third-order valence-electron chi connectivity index (χ3n) is 5.12. The van der Waals surface area contributed by atoms with Gasteiger partial charge < -0.3 is 9.47 Å². The van der Waals surface area contributed by atoms with Crippen molar-refractivity contribution in [1.82, 2.24) is 9.88 Å². The van der Waals surface area contributed by atoms with Crippen molar-refractivity contribution in [3.8, 4) is 17.0 Å². The fourth-order valence-electron chi connectivity index (χ4n) is 3.64. The molecule has 140 valence electrons. The van der Waals surface area contributed by atoms with Crippen molar-refractivity contribution < 1.29 is 9.47 Å². The van der Waals surface area contributed by atoms with E-state index in [0.717, 1.165) is 61.8 Å². The van der Waals surface area contributed by atoms with E-state index in [9.17, 15) is 0 Å². The van der Waals surface area contributed by atoms with Crippen molar-refractivity contribution >= 4 is 10.9 Å². The number of ether oxygens (including phenoxy) is 2. The Labute approximate surface area is 160 Å². The molecule has 1 fully saturated rings. The van der Waals surface area contributed by atoms with Gasteiger partial charge in [-0.05, 0) is 60.9 Å². The van der Waals surface area contributed by atoms with Crippen LogP contribution in [0.5, 0.6) is 5.75 Å². The summed E-state index contributed by atoms with van der Waals surface area (Å²) in [6.45, 7) is 6.69. The Hall–Kier alpha value is -2.43. The number of aryl methyl sites for hydroxylation is 1. The minimum absolute atomic E-state index is 0.804. The van der Waals surface area contributed by atoms with Crippen molar-refractivity contribution in [2.75, 3.05) is 33.4 Å². The van der Waals surface area contributed by atoms with Crippen LogP contribution in [0.4, 0.5) is 0 Å². The van der Waals surface area contributed by atoms with Gasteiger partial charge in [-0.1, -0.05) is 12.1 Å². The summed E-state index contributed by atoms with van der Waals surface area (Å²) in [6.07, 6.45) is 1.08. The molecule has 0 unspecified atom stereocenters. The maximum absolute atomic E-state index is 5.62. The van der Waals surface area contributed by atoms with E-state index in [1.165, 1.54) is 16.5 Å². The lowest BCUT2D eigenvalue weighted by Crippen LogP contribution is -2.26. The Balaban J connectivity index is 1.77. The highest BCUT2D eigenvalue weighted by molar-refractivity contribution is 5.84. The van der Waals surface area contributed by atoms with Crippen LogP contribution >= 0.6 is 0 Å². The van der Waals surface area contributed by atoms with Crippen molar-refractivity contribution in [3.63, 3.8) is 0 Å². The van der Waals surface area contributed by atoms with Gasteiger partial charge in [-0.15, -0.1) is 0 Å². The molecule has 3 aromatic rings. The summed E-state index contributed by atoms with van der Waals surface area (Å²) >= 11 is 0. The Morgan fingerprint density at radius 2 is 1.89 bits per heavy atom. The zero-order chi connectivity index (χ0) is 18.6. The standard InChI is InChI=1S/C23H26N2O2/c1-17-4-5-19-15-20(16-25-10-3-12-27-13-11-25)23(24-22(19)14-17)18-6-8-21(26-2)9-7-18/h4-9,14-15H,3,10-13,16H2,1-2H3. The van der Waals surface area contributed by atoms with E-state index < -0.39 is 0 Å². The van der Waals surface area contributed by atoms with Gasteiger partial charge in [0.2, 0.25) is 0 Å². The number of hydrogen-bond acceptors (Lipinski definition) is 4. The highest BCUT2D eigenvalue weighted by Gasteiger charge is 2.15. The topological polar surface area (TPSA) is 34.6 Å². The molecule has 4 heteroatoms. The molecule has 2 aromatic carbocycles. The van der Waals surface area contributed by atoms with Crippen LogP contribution in [-0.4, -0.2) is 43.3 Å². The van der Waals surface area contributed by atoms with E-state index in [0.29, 0.717) is 0 Å². The first kappa shape index (κ1) is 18.0. The van der Waals surface area contributed by atoms with Crippen molar-refractivity contribution in [2.24, 2.45) is 0 Å². The molecule has 1 aliphatic rings. The van der Waals surface area contributed by atoms with Crippen LogP contribution in [-0.2, 0) is 11.3 Å². The van der Waals surface area contributed by atoms with Gasteiger partial charge in [0.05, 0.1) is 24.9 Å². The van der Waals surface area contributed by atoms with Gasteiger partial charge >= 0.3 is 0 Å². The molecule has 0 radical (unpaired) electrons. The Morgan fingerprint density at radius 3 is 2.70 bits per heavy atom. The quantitative estimate of drug-likeness (QED) is 0.687. The van der Waals surface area contributed by atoms with Gasteiger partial charge in [-0.25, -0.2) is 4.98 Å². The molecule has 4 rings (SSSR count). The Kier molecular flexibility index (Phi) is 5.37. The maximum Gasteiger partial charge on any atom is 0.118 e. The number of fused-ring (bicyclic) bond motifs is 1. The largest absolute Gasteiger partial charge is 0.497 e. The summed E-state index contributed by atoms with van der Waals surface area (Å²) in [5, 5.41) is 1.19. The fourth-order valence-corrected chi connectivity index (χ4v) is 3.64. The average molecular weight is 362 g/mol. The fraction of sp³-hybridized carbons (Fsp3) is 0.348. The number of methoxy groups -OCH3 is 1. The summed E-state index contributed by atoms with van der Waals surface area (Å²) in [4.78, 5) is 7.52. The molecule has 0 bridgehead atoms. The first-order valence-electron chi connectivity index (χ1n) is 9.58. The Morgan fingerprint density at radius 1 is 1.04 bits per heavy atom. The van der Waals surface area contributed by atoms with Crippen LogP contribution in [0, 0.1) is 6.92 Å². The van der Waals surface area contributed by atoms with E-state index in [2.05, 4.69) is 48.2 Å². The number of rotatable bonds is 4. The van der Waals surface area contributed by atoms with Crippen LogP contribution < -0.4 is 4.74 Å². The molecule has 2 heterocycles. The molecule has 0 aliphatic carbocycles. The molecule has 0 N–H and O–H groups in total. The lowest BCUT2D eigenvalue weighted by atomic mass is 10.0. The molecule has 1 saturated heterocycles. The second-order valence-electron chi connectivity index (χ2n) is 7.16. The first-order chi connectivity index (χ1) is 13.2.